The van der Waals surface area contributed by atoms with E-state index in [0.29, 0.717) is 0 Å². The number of para-hydroxylation sites is 1. The minimum absolute atomic E-state index is 0.0943. The lowest BCUT2D eigenvalue weighted by atomic mass is 10.1. The molecule has 2 N–H and O–H groups in total. The number of halogens is 4. The lowest BCUT2D eigenvalue weighted by Gasteiger charge is -2.20. The summed E-state index contributed by atoms with van der Waals surface area (Å²) in [6, 6.07) is 2.57. The highest BCUT2D eigenvalue weighted by atomic mass is 35.5. The second-order valence-corrected chi connectivity index (χ2v) is 4.47. The fraction of sp³-hybridized carbons (Fsp3) is 0.308. The Kier molecular flexibility index (Phi) is 5.44. The number of rotatable bonds is 5. The Morgan fingerprint density at radius 1 is 1.50 bits per heavy atom. The van der Waals surface area contributed by atoms with Crippen molar-refractivity contribution in [3.63, 3.8) is 0 Å². The standard InChI is InChI=1S/C13H14ClF3N2O/c1-3-7-18-12(20)8(2)19-11-9(13(15,16)17)5-4-6-10(11)14/h3-6,8,19H,1,7H2,2H3,(H,18,20). The number of amides is 1. The van der Waals surface area contributed by atoms with Gasteiger partial charge in [-0.05, 0) is 19.1 Å². The molecular formula is C13H14ClF3N2O. The maximum atomic E-state index is 12.9. The van der Waals surface area contributed by atoms with Gasteiger partial charge in [-0.25, -0.2) is 0 Å². The molecule has 1 aromatic rings. The molecule has 0 bridgehead atoms. The van der Waals surface area contributed by atoms with Gasteiger partial charge in [-0.3, -0.25) is 4.79 Å². The second kappa shape index (κ2) is 6.65. The van der Waals surface area contributed by atoms with Gasteiger partial charge in [0.1, 0.15) is 6.04 Å². The van der Waals surface area contributed by atoms with Crippen LogP contribution in [0.15, 0.2) is 30.9 Å². The lowest BCUT2D eigenvalue weighted by Crippen LogP contribution is -2.38. The van der Waals surface area contributed by atoms with Crippen molar-refractivity contribution in [2.75, 3.05) is 11.9 Å². The van der Waals surface area contributed by atoms with E-state index in [0.717, 1.165) is 6.07 Å². The first-order valence-electron chi connectivity index (χ1n) is 5.78. The summed E-state index contributed by atoms with van der Waals surface area (Å²) < 4.78 is 38.6. The van der Waals surface area contributed by atoms with Crippen LogP contribution in [0, 0.1) is 0 Å². The normalized spacial score (nSPS) is 12.7. The average Bonchev–Trinajstić information content (AvgIpc) is 2.36. The molecule has 0 spiro atoms. The molecular weight excluding hydrogens is 293 g/mol. The molecule has 0 aliphatic rings. The van der Waals surface area contributed by atoms with Crippen molar-refractivity contribution in [1.82, 2.24) is 5.32 Å². The quantitative estimate of drug-likeness (QED) is 0.818. The molecule has 0 aromatic heterocycles. The third kappa shape index (κ3) is 4.16. The van der Waals surface area contributed by atoms with Crippen LogP contribution < -0.4 is 10.6 Å². The fourth-order valence-corrected chi connectivity index (χ4v) is 1.74. The van der Waals surface area contributed by atoms with E-state index in [9.17, 15) is 18.0 Å². The molecule has 0 aliphatic heterocycles. The van der Waals surface area contributed by atoms with Gasteiger partial charge in [0.05, 0.1) is 16.3 Å². The van der Waals surface area contributed by atoms with Crippen LogP contribution in [0.1, 0.15) is 12.5 Å². The van der Waals surface area contributed by atoms with Crippen LogP contribution in [0.3, 0.4) is 0 Å². The van der Waals surface area contributed by atoms with Gasteiger partial charge in [0.15, 0.2) is 0 Å². The number of hydrogen-bond acceptors (Lipinski definition) is 2. The van der Waals surface area contributed by atoms with Crippen LogP contribution in [0.4, 0.5) is 18.9 Å². The molecule has 1 unspecified atom stereocenters. The Labute approximate surface area is 119 Å². The zero-order chi connectivity index (χ0) is 15.3. The number of benzene rings is 1. The third-order valence-corrected chi connectivity index (χ3v) is 2.81. The van der Waals surface area contributed by atoms with Gasteiger partial charge < -0.3 is 10.6 Å². The zero-order valence-corrected chi connectivity index (χ0v) is 11.5. The Morgan fingerprint density at radius 2 is 2.15 bits per heavy atom. The molecule has 0 fully saturated rings. The maximum absolute atomic E-state index is 12.9. The summed E-state index contributed by atoms with van der Waals surface area (Å²) in [4.78, 5) is 11.6. The topological polar surface area (TPSA) is 41.1 Å². The minimum atomic E-state index is -4.55. The first-order chi connectivity index (χ1) is 9.27. The van der Waals surface area contributed by atoms with Crippen molar-refractivity contribution in [2.24, 2.45) is 0 Å². The Morgan fingerprint density at radius 3 is 2.70 bits per heavy atom. The smallest absolute Gasteiger partial charge is 0.372 e. The summed E-state index contributed by atoms with van der Waals surface area (Å²) in [6.07, 6.45) is -3.08. The van der Waals surface area contributed by atoms with Gasteiger partial charge in [-0.15, -0.1) is 6.58 Å². The van der Waals surface area contributed by atoms with Crippen molar-refractivity contribution in [2.45, 2.75) is 19.1 Å². The van der Waals surface area contributed by atoms with Gasteiger partial charge in [0, 0.05) is 6.54 Å². The van der Waals surface area contributed by atoms with Crippen LogP contribution in [0.2, 0.25) is 5.02 Å². The Balaban J connectivity index is 2.97. The largest absolute Gasteiger partial charge is 0.418 e. The molecule has 0 radical (unpaired) electrons. The van der Waals surface area contributed by atoms with E-state index in [1.807, 2.05) is 0 Å². The first-order valence-corrected chi connectivity index (χ1v) is 6.16. The highest BCUT2D eigenvalue weighted by Crippen LogP contribution is 2.38. The van der Waals surface area contributed by atoms with Crippen LogP contribution in [0.5, 0.6) is 0 Å². The molecule has 0 saturated heterocycles. The van der Waals surface area contributed by atoms with Crippen molar-refractivity contribution < 1.29 is 18.0 Å². The van der Waals surface area contributed by atoms with Crippen LogP contribution in [-0.4, -0.2) is 18.5 Å². The van der Waals surface area contributed by atoms with Gasteiger partial charge >= 0.3 is 6.18 Å². The van der Waals surface area contributed by atoms with E-state index in [1.165, 1.54) is 25.1 Å². The molecule has 0 saturated carbocycles. The van der Waals surface area contributed by atoms with Crippen molar-refractivity contribution in [3.8, 4) is 0 Å². The van der Waals surface area contributed by atoms with Gasteiger partial charge in [0.2, 0.25) is 5.91 Å². The fourth-order valence-electron chi connectivity index (χ4n) is 1.51. The monoisotopic (exact) mass is 306 g/mol. The maximum Gasteiger partial charge on any atom is 0.418 e. The molecule has 3 nitrogen and oxygen atoms in total. The first kappa shape index (κ1) is 16.4. The molecule has 1 rings (SSSR count). The molecule has 20 heavy (non-hydrogen) atoms. The highest BCUT2D eigenvalue weighted by molar-refractivity contribution is 6.33. The van der Waals surface area contributed by atoms with Gasteiger partial charge in [-0.1, -0.05) is 23.7 Å². The molecule has 7 heteroatoms. The number of hydrogen-bond donors (Lipinski definition) is 2. The highest BCUT2D eigenvalue weighted by Gasteiger charge is 2.35. The predicted molar refractivity (Wildman–Crippen MR) is 72.7 cm³/mol. The third-order valence-electron chi connectivity index (χ3n) is 2.49. The Hall–Kier alpha value is -1.69. The van der Waals surface area contributed by atoms with Crippen molar-refractivity contribution in [3.05, 3.63) is 41.4 Å². The predicted octanol–water partition coefficient (Wildman–Crippen LogP) is 3.46. The summed E-state index contributed by atoms with van der Waals surface area (Å²) in [5.74, 6) is -0.446. The molecule has 110 valence electrons. The summed E-state index contributed by atoms with van der Waals surface area (Å²) in [7, 11) is 0. The van der Waals surface area contributed by atoms with E-state index < -0.39 is 23.7 Å². The van der Waals surface area contributed by atoms with E-state index in [2.05, 4.69) is 17.2 Å². The molecule has 1 atom stereocenters. The molecule has 0 heterocycles. The second-order valence-electron chi connectivity index (χ2n) is 4.06. The molecule has 1 amide bonds. The van der Waals surface area contributed by atoms with E-state index in [1.54, 1.807) is 0 Å². The summed E-state index contributed by atoms with van der Waals surface area (Å²) >= 11 is 5.78. The lowest BCUT2D eigenvalue weighted by molar-refractivity contribution is -0.137. The number of carbonyl (C=O) groups excluding carboxylic acids is 1. The summed E-state index contributed by atoms with van der Waals surface area (Å²) in [5.41, 5.74) is -1.21. The summed E-state index contributed by atoms with van der Waals surface area (Å²) in [5, 5.41) is 4.89. The van der Waals surface area contributed by atoms with Gasteiger partial charge in [-0.2, -0.15) is 13.2 Å². The van der Waals surface area contributed by atoms with Crippen LogP contribution in [0.25, 0.3) is 0 Å². The van der Waals surface area contributed by atoms with E-state index >= 15 is 0 Å². The average molecular weight is 307 g/mol. The number of anilines is 1. The van der Waals surface area contributed by atoms with Crippen LogP contribution >= 0.6 is 11.6 Å². The summed E-state index contributed by atoms with van der Waals surface area (Å²) in [6.45, 7) is 5.11. The van der Waals surface area contributed by atoms with E-state index in [4.69, 9.17) is 11.6 Å². The zero-order valence-electron chi connectivity index (χ0n) is 10.7. The molecule has 0 aliphatic carbocycles. The SMILES string of the molecule is C=CCNC(=O)C(C)Nc1c(Cl)cccc1C(F)(F)F. The van der Waals surface area contributed by atoms with E-state index in [-0.39, 0.29) is 17.3 Å². The van der Waals surface area contributed by atoms with Crippen molar-refractivity contribution >= 4 is 23.2 Å². The van der Waals surface area contributed by atoms with Gasteiger partial charge in [0.25, 0.3) is 0 Å². The number of carbonyl (C=O) groups is 1. The van der Waals surface area contributed by atoms with Crippen molar-refractivity contribution in [1.29, 1.82) is 0 Å². The van der Waals surface area contributed by atoms with Crippen LogP contribution in [-0.2, 0) is 11.0 Å². The Bertz CT molecular complexity index is 503. The molecule has 1 aromatic carbocycles. The number of nitrogens with one attached hydrogen (secondary N) is 2. The minimum Gasteiger partial charge on any atom is -0.372 e. The number of alkyl halides is 3.